The molecule has 26 heavy (non-hydrogen) atoms. The molecule has 0 unspecified atom stereocenters. The molecule has 0 aliphatic rings. The van der Waals surface area contributed by atoms with Crippen LogP contribution in [-0.2, 0) is 20.7 Å². The first-order chi connectivity index (χ1) is 12.4. The van der Waals surface area contributed by atoms with Crippen molar-refractivity contribution in [1.29, 1.82) is 0 Å². The number of esters is 1. The van der Waals surface area contributed by atoms with E-state index in [-0.39, 0.29) is 22.9 Å². The fourth-order valence-electron chi connectivity index (χ4n) is 2.28. The Morgan fingerprint density at radius 3 is 2.35 bits per heavy atom. The van der Waals surface area contributed by atoms with Gasteiger partial charge in [-0.25, -0.2) is 4.79 Å². The normalized spacial score (nSPS) is 11.5. The predicted octanol–water partition coefficient (Wildman–Crippen LogP) is 3.47. The van der Waals surface area contributed by atoms with E-state index >= 15 is 0 Å². The molecular weight excluding hydrogens is 377 g/mol. The molecule has 0 saturated carbocycles. The third-order valence-electron chi connectivity index (χ3n) is 3.53. The van der Waals surface area contributed by atoms with E-state index in [9.17, 15) is 14.4 Å². The summed E-state index contributed by atoms with van der Waals surface area (Å²) in [7, 11) is 0. The highest BCUT2D eigenvalue weighted by Gasteiger charge is 2.22. The van der Waals surface area contributed by atoms with Crippen LogP contribution < -0.4 is 5.32 Å². The van der Waals surface area contributed by atoms with Crippen LogP contribution in [0.1, 0.15) is 22.8 Å². The van der Waals surface area contributed by atoms with Crippen molar-refractivity contribution in [3.63, 3.8) is 0 Å². The molecule has 1 N–H and O–H groups in total. The minimum atomic E-state index is -0.878. The van der Waals surface area contributed by atoms with Gasteiger partial charge < -0.3 is 10.1 Å². The van der Waals surface area contributed by atoms with Crippen molar-refractivity contribution >= 4 is 40.9 Å². The third-order valence-corrected chi connectivity index (χ3v) is 4.27. The highest BCUT2D eigenvalue weighted by molar-refractivity contribution is 6.42. The number of ether oxygens (including phenoxy) is 1. The van der Waals surface area contributed by atoms with Crippen molar-refractivity contribution in [2.45, 2.75) is 19.4 Å². The van der Waals surface area contributed by atoms with Crippen LogP contribution in [0.5, 0.6) is 0 Å². The molecule has 0 aromatic heterocycles. The number of nitrogens with one attached hydrogen (secondary N) is 1. The number of amides is 1. The van der Waals surface area contributed by atoms with Crippen LogP contribution in [0.3, 0.4) is 0 Å². The third kappa shape index (κ3) is 5.86. The SMILES string of the molecule is CC(=O)N[C@@H](Cc1ccccc1)C(=O)OCC(=O)c1ccc(Cl)c(Cl)c1. The first kappa shape index (κ1) is 19.9. The molecule has 0 fully saturated rings. The van der Waals surface area contributed by atoms with E-state index in [0.29, 0.717) is 5.02 Å². The summed E-state index contributed by atoms with van der Waals surface area (Å²) in [5.41, 5.74) is 1.14. The van der Waals surface area contributed by atoms with Crippen molar-refractivity contribution in [3.05, 3.63) is 69.7 Å². The molecule has 136 valence electrons. The topological polar surface area (TPSA) is 72.5 Å². The molecule has 1 amide bonds. The number of carbonyl (C=O) groups is 3. The molecule has 1 atom stereocenters. The van der Waals surface area contributed by atoms with Gasteiger partial charge in [-0.15, -0.1) is 0 Å². The van der Waals surface area contributed by atoms with Crippen LogP contribution in [0, 0.1) is 0 Å². The lowest BCUT2D eigenvalue weighted by atomic mass is 10.1. The summed E-state index contributed by atoms with van der Waals surface area (Å²) in [6, 6.07) is 12.7. The second-order valence-corrected chi connectivity index (χ2v) is 6.42. The van der Waals surface area contributed by atoms with Gasteiger partial charge in [0.25, 0.3) is 0 Å². The van der Waals surface area contributed by atoms with Crippen LogP contribution in [0.15, 0.2) is 48.5 Å². The molecule has 5 nitrogen and oxygen atoms in total. The standard InChI is InChI=1S/C19H17Cl2NO4/c1-12(23)22-17(9-13-5-3-2-4-6-13)19(25)26-11-18(24)14-7-8-15(20)16(21)10-14/h2-8,10,17H,9,11H2,1H3,(H,22,23)/t17-/m0/s1. The Kier molecular flexibility index (Phi) is 7.18. The zero-order valence-electron chi connectivity index (χ0n) is 14.0. The summed E-state index contributed by atoms with van der Waals surface area (Å²) in [6.45, 7) is 0.855. The number of rotatable bonds is 7. The molecule has 2 aromatic carbocycles. The maximum absolute atomic E-state index is 12.3. The lowest BCUT2D eigenvalue weighted by Crippen LogP contribution is -2.42. The van der Waals surface area contributed by atoms with Gasteiger partial charge in [-0.1, -0.05) is 53.5 Å². The molecule has 0 aliphatic carbocycles. The van der Waals surface area contributed by atoms with Crippen LogP contribution in [0.25, 0.3) is 0 Å². The van der Waals surface area contributed by atoms with E-state index in [2.05, 4.69) is 5.32 Å². The largest absolute Gasteiger partial charge is 0.456 e. The van der Waals surface area contributed by atoms with Gasteiger partial charge in [0.05, 0.1) is 10.0 Å². The Morgan fingerprint density at radius 1 is 1.04 bits per heavy atom. The number of carbonyl (C=O) groups excluding carboxylic acids is 3. The summed E-state index contributed by atoms with van der Waals surface area (Å²) in [5.74, 6) is -1.46. The minimum Gasteiger partial charge on any atom is -0.456 e. The fraction of sp³-hybridized carbons (Fsp3) is 0.211. The second-order valence-electron chi connectivity index (χ2n) is 5.60. The van der Waals surface area contributed by atoms with Crippen molar-refractivity contribution in [1.82, 2.24) is 5.32 Å². The zero-order valence-corrected chi connectivity index (χ0v) is 15.5. The molecule has 7 heteroatoms. The predicted molar refractivity (Wildman–Crippen MR) is 99.5 cm³/mol. The monoisotopic (exact) mass is 393 g/mol. The number of hydrogen-bond donors (Lipinski definition) is 1. The zero-order chi connectivity index (χ0) is 19.1. The van der Waals surface area contributed by atoms with E-state index in [1.165, 1.54) is 25.1 Å². The van der Waals surface area contributed by atoms with Crippen molar-refractivity contribution in [2.75, 3.05) is 6.61 Å². The minimum absolute atomic E-state index is 0.240. The Balaban J connectivity index is 2.00. The maximum Gasteiger partial charge on any atom is 0.329 e. The number of Topliss-reactive ketones (excluding diaryl/α,β-unsaturated/α-hetero) is 1. The first-order valence-corrected chi connectivity index (χ1v) is 8.58. The number of halogens is 2. The van der Waals surface area contributed by atoms with E-state index in [0.717, 1.165) is 5.56 Å². The van der Waals surface area contributed by atoms with Crippen LogP contribution in [0.2, 0.25) is 10.0 Å². The van der Waals surface area contributed by atoms with Gasteiger partial charge >= 0.3 is 5.97 Å². The lowest BCUT2D eigenvalue weighted by molar-refractivity contribution is -0.146. The molecule has 0 heterocycles. The van der Waals surface area contributed by atoms with Gasteiger partial charge in [0, 0.05) is 18.9 Å². The van der Waals surface area contributed by atoms with Gasteiger partial charge in [-0.2, -0.15) is 0 Å². The molecule has 0 aliphatic heterocycles. The average Bonchev–Trinajstić information content (AvgIpc) is 2.61. The van der Waals surface area contributed by atoms with Gasteiger partial charge in [0.1, 0.15) is 6.04 Å². The molecule has 0 radical (unpaired) electrons. The second kappa shape index (κ2) is 9.36. The number of ketones is 1. The Morgan fingerprint density at radius 2 is 1.73 bits per heavy atom. The van der Waals surface area contributed by atoms with Gasteiger partial charge in [0.15, 0.2) is 12.4 Å². The molecular formula is C19H17Cl2NO4. The van der Waals surface area contributed by atoms with E-state index in [1.54, 1.807) is 0 Å². The van der Waals surface area contributed by atoms with E-state index in [4.69, 9.17) is 27.9 Å². The highest BCUT2D eigenvalue weighted by atomic mass is 35.5. The molecule has 0 saturated heterocycles. The lowest BCUT2D eigenvalue weighted by Gasteiger charge is -2.16. The van der Waals surface area contributed by atoms with Crippen molar-refractivity contribution in [3.8, 4) is 0 Å². The van der Waals surface area contributed by atoms with Crippen LogP contribution in [-0.4, -0.2) is 30.3 Å². The van der Waals surface area contributed by atoms with E-state index in [1.807, 2.05) is 30.3 Å². The summed E-state index contributed by atoms with van der Waals surface area (Å²) < 4.78 is 5.08. The highest BCUT2D eigenvalue weighted by Crippen LogP contribution is 2.22. The quantitative estimate of drug-likeness (QED) is 0.577. The fourth-order valence-corrected chi connectivity index (χ4v) is 2.58. The smallest absolute Gasteiger partial charge is 0.329 e. The summed E-state index contributed by atoms with van der Waals surface area (Å²) >= 11 is 11.7. The number of benzene rings is 2. The maximum atomic E-state index is 12.3. The Hall–Kier alpha value is -2.37. The molecule has 2 aromatic rings. The Bertz CT molecular complexity index is 808. The van der Waals surface area contributed by atoms with Crippen molar-refractivity contribution in [2.24, 2.45) is 0 Å². The molecule has 0 spiro atoms. The Labute approximate surface area is 161 Å². The average molecular weight is 394 g/mol. The first-order valence-electron chi connectivity index (χ1n) is 7.82. The van der Waals surface area contributed by atoms with Gasteiger partial charge in [-0.3, -0.25) is 9.59 Å². The van der Waals surface area contributed by atoms with Gasteiger partial charge in [-0.05, 0) is 23.8 Å². The molecule has 2 rings (SSSR count). The van der Waals surface area contributed by atoms with Crippen LogP contribution in [0.4, 0.5) is 0 Å². The summed E-state index contributed by atoms with van der Waals surface area (Å²) in [4.78, 5) is 35.8. The summed E-state index contributed by atoms with van der Waals surface area (Å²) in [6.07, 6.45) is 0.264. The molecule has 0 bridgehead atoms. The number of hydrogen-bond acceptors (Lipinski definition) is 4. The van der Waals surface area contributed by atoms with Gasteiger partial charge in [0.2, 0.25) is 5.91 Å². The van der Waals surface area contributed by atoms with Crippen LogP contribution >= 0.6 is 23.2 Å². The summed E-state index contributed by atoms with van der Waals surface area (Å²) in [5, 5.41) is 3.11. The van der Waals surface area contributed by atoms with Crippen molar-refractivity contribution < 1.29 is 19.1 Å². The van der Waals surface area contributed by atoms with E-state index < -0.39 is 24.4 Å².